The van der Waals surface area contributed by atoms with Gasteiger partial charge < -0.3 is 19.7 Å². The third kappa shape index (κ3) is 6.33. The number of hydrogen-bond donors (Lipinski definition) is 1. The van der Waals surface area contributed by atoms with Crippen LogP contribution in [0, 0.1) is 6.92 Å². The summed E-state index contributed by atoms with van der Waals surface area (Å²) in [5, 5.41) is 3.46. The zero-order chi connectivity index (χ0) is 17.9. The van der Waals surface area contributed by atoms with Gasteiger partial charge in [0.25, 0.3) is 0 Å². The highest BCUT2D eigenvalue weighted by Crippen LogP contribution is 2.24. The van der Waals surface area contributed by atoms with E-state index in [4.69, 9.17) is 9.47 Å². The third-order valence-corrected chi connectivity index (χ3v) is 4.50. The summed E-state index contributed by atoms with van der Waals surface area (Å²) in [4.78, 5) is 6.73. The summed E-state index contributed by atoms with van der Waals surface area (Å²) in [6.45, 7) is 9.30. The van der Waals surface area contributed by atoms with E-state index in [0.29, 0.717) is 0 Å². The quantitative estimate of drug-likeness (QED) is 0.446. The lowest BCUT2D eigenvalue weighted by Crippen LogP contribution is -2.48. The molecule has 0 aromatic heterocycles. The normalized spacial score (nSPS) is 18.4. The maximum absolute atomic E-state index is 6.01. The molecule has 5 heteroatoms. The molecule has 1 atom stereocenters. The zero-order valence-electron chi connectivity index (χ0n) is 16.0. The average molecular weight is 348 g/mol. The summed E-state index contributed by atoms with van der Waals surface area (Å²) in [7, 11) is 1.85. The van der Waals surface area contributed by atoms with Crippen LogP contribution in [0.5, 0.6) is 0 Å². The largest absolute Gasteiger partial charge is 0.381 e. The van der Waals surface area contributed by atoms with Crippen LogP contribution in [-0.4, -0.2) is 57.4 Å². The van der Waals surface area contributed by atoms with Gasteiger partial charge in [-0.15, -0.1) is 0 Å². The summed E-state index contributed by atoms with van der Waals surface area (Å²) in [6, 6.07) is 8.45. The monoisotopic (exact) mass is 347 g/mol. The van der Waals surface area contributed by atoms with Crippen molar-refractivity contribution in [2.24, 2.45) is 4.99 Å². The van der Waals surface area contributed by atoms with Gasteiger partial charge in [-0.25, -0.2) is 0 Å². The van der Waals surface area contributed by atoms with Gasteiger partial charge in [0, 0.05) is 33.4 Å². The number of guanidine groups is 1. The van der Waals surface area contributed by atoms with Crippen molar-refractivity contribution in [1.29, 1.82) is 0 Å². The molecule has 1 aliphatic rings. The summed E-state index contributed by atoms with van der Waals surface area (Å²) in [5.41, 5.74) is 2.55. The van der Waals surface area contributed by atoms with Gasteiger partial charge >= 0.3 is 0 Å². The number of unbranched alkanes of at least 4 members (excludes halogenated alkanes) is 1. The first-order valence-corrected chi connectivity index (χ1v) is 9.46. The van der Waals surface area contributed by atoms with Crippen molar-refractivity contribution in [1.82, 2.24) is 10.2 Å². The first-order chi connectivity index (χ1) is 12.3. The first-order valence-electron chi connectivity index (χ1n) is 9.46. The molecule has 0 aliphatic carbocycles. The van der Waals surface area contributed by atoms with E-state index >= 15 is 0 Å². The Morgan fingerprint density at radius 2 is 2.12 bits per heavy atom. The molecular formula is C20H33N3O2. The van der Waals surface area contributed by atoms with Crippen molar-refractivity contribution in [3.8, 4) is 0 Å². The lowest BCUT2D eigenvalue weighted by atomic mass is 10.0. The van der Waals surface area contributed by atoms with Crippen molar-refractivity contribution in [2.45, 2.75) is 39.2 Å². The van der Waals surface area contributed by atoms with E-state index in [2.05, 4.69) is 53.3 Å². The van der Waals surface area contributed by atoms with Crippen LogP contribution in [0.4, 0.5) is 0 Å². The second-order valence-electron chi connectivity index (χ2n) is 6.46. The molecule has 5 nitrogen and oxygen atoms in total. The molecule has 25 heavy (non-hydrogen) atoms. The highest BCUT2D eigenvalue weighted by Gasteiger charge is 2.24. The molecule has 0 radical (unpaired) electrons. The standard InChI is InChI=1S/C20H33N3O2/c1-4-5-13-24-14-8-11-22-20(21-3)23-12-15-25-19(16-23)18-10-7-6-9-17(18)2/h6-7,9-10,19H,4-5,8,11-16H2,1-3H3,(H,21,22). The smallest absolute Gasteiger partial charge is 0.193 e. The number of aliphatic imine (C=N–C) groups is 1. The molecule has 1 unspecified atom stereocenters. The van der Waals surface area contributed by atoms with Crippen LogP contribution < -0.4 is 5.32 Å². The molecule has 0 spiro atoms. The highest BCUT2D eigenvalue weighted by atomic mass is 16.5. The van der Waals surface area contributed by atoms with Crippen LogP contribution in [0.2, 0.25) is 0 Å². The first kappa shape index (κ1) is 19.7. The summed E-state index contributed by atoms with van der Waals surface area (Å²) < 4.78 is 11.6. The Labute approximate surface area is 152 Å². The topological polar surface area (TPSA) is 46.1 Å². The van der Waals surface area contributed by atoms with Gasteiger partial charge in [0.1, 0.15) is 6.10 Å². The predicted octanol–water partition coefficient (Wildman–Crippen LogP) is 3.15. The number of nitrogens with one attached hydrogen (secondary N) is 1. The fourth-order valence-electron chi connectivity index (χ4n) is 3.03. The molecule has 1 heterocycles. The maximum atomic E-state index is 6.01. The maximum Gasteiger partial charge on any atom is 0.193 e. The van der Waals surface area contributed by atoms with Crippen molar-refractivity contribution in [3.05, 3.63) is 35.4 Å². The van der Waals surface area contributed by atoms with Gasteiger partial charge in [-0.1, -0.05) is 37.6 Å². The summed E-state index contributed by atoms with van der Waals surface area (Å²) >= 11 is 0. The van der Waals surface area contributed by atoms with Crippen LogP contribution in [0.3, 0.4) is 0 Å². The molecule has 1 aliphatic heterocycles. The van der Waals surface area contributed by atoms with E-state index in [0.717, 1.165) is 58.3 Å². The zero-order valence-corrected chi connectivity index (χ0v) is 16.0. The number of benzene rings is 1. The van der Waals surface area contributed by atoms with Gasteiger partial charge in [0.15, 0.2) is 5.96 Å². The molecule has 1 N–H and O–H groups in total. The van der Waals surface area contributed by atoms with E-state index in [1.165, 1.54) is 17.5 Å². The lowest BCUT2D eigenvalue weighted by molar-refractivity contribution is -0.00834. The van der Waals surface area contributed by atoms with E-state index in [-0.39, 0.29) is 6.10 Å². The minimum absolute atomic E-state index is 0.103. The number of hydrogen-bond acceptors (Lipinski definition) is 3. The van der Waals surface area contributed by atoms with Crippen molar-refractivity contribution >= 4 is 5.96 Å². The van der Waals surface area contributed by atoms with Gasteiger partial charge in [-0.05, 0) is 30.9 Å². The average Bonchev–Trinajstić information content (AvgIpc) is 2.64. The lowest BCUT2D eigenvalue weighted by Gasteiger charge is -2.35. The highest BCUT2D eigenvalue weighted by molar-refractivity contribution is 5.80. The van der Waals surface area contributed by atoms with Crippen molar-refractivity contribution in [3.63, 3.8) is 0 Å². The van der Waals surface area contributed by atoms with E-state index < -0.39 is 0 Å². The van der Waals surface area contributed by atoms with Crippen LogP contribution in [-0.2, 0) is 9.47 Å². The fourth-order valence-corrected chi connectivity index (χ4v) is 3.03. The predicted molar refractivity (Wildman–Crippen MR) is 103 cm³/mol. The third-order valence-electron chi connectivity index (χ3n) is 4.50. The Bertz CT molecular complexity index is 533. The molecule has 1 aromatic rings. The Kier molecular flexibility index (Phi) is 8.77. The van der Waals surface area contributed by atoms with E-state index in [9.17, 15) is 0 Å². The number of nitrogens with zero attached hydrogens (tertiary/aromatic N) is 2. The SMILES string of the molecule is CCCCOCCCNC(=NC)N1CCOC(c2ccccc2C)C1. The molecular weight excluding hydrogens is 314 g/mol. The van der Waals surface area contributed by atoms with Gasteiger partial charge in [-0.3, -0.25) is 4.99 Å². The van der Waals surface area contributed by atoms with Crippen molar-refractivity contribution in [2.75, 3.05) is 46.5 Å². The Morgan fingerprint density at radius 1 is 1.32 bits per heavy atom. The Balaban J connectivity index is 1.79. The number of aryl methyl sites for hydroxylation is 1. The molecule has 140 valence electrons. The van der Waals surface area contributed by atoms with Gasteiger partial charge in [-0.2, -0.15) is 0 Å². The molecule has 0 amide bonds. The minimum atomic E-state index is 0.103. The molecule has 2 rings (SSSR count). The van der Waals surface area contributed by atoms with Crippen LogP contribution in [0.25, 0.3) is 0 Å². The van der Waals surface area contributed by atoms with E-state index in [1.54, 1.807) is 0 Å². The van der Waals surface area contributed by atoms with E-state index in [1.807, 2.05) is 7.05 Å². The van der Waals surface area contributed by atoms with Crippen molar-refractivity contribution < 1.29 is 9.47 Å². The minimum Gasteiger partial charge on any atom is -0.381 e. The van der Waals surface area contributed by atoms with Gasteiger partial charge in [0.05, 0.1) is 13.2 Å². The molecule has 0 bridgehead atoms. The number of ether oxygens (including phenoxy) is 2. The number of morpholine rings is 1. The molecule has 1 saturated heterocycles. The second kappa shape index (κ2) is 11.1. The Morgan fingerprint density at radius 3 is 2.88 bits per heavy atom. The van der Waals surface area contributed by atoms with Crippen LogP contribution in [0.1, 0.15) is 43.4 Å². The number of rotatable bonds is 8. The second-order valence-corrected chi connectivity index (χ2v) is 6.46. The summed E-state index contributed by atoms with van der Waals surface area (Å²) in [6.07, 6.45) is 3.42. The fraction of sp³-hybridized carbons (Fsp3) is 0.650. The van der Waals surface area contributed by atoms with Crippen LogP contribution >= 0.6 is 0 Å². The molecule has 0 saturated carbocycles. The Hall–Kier alpha value is -1.59. The molecule has 1 aromatic carbocycles. The molecule has 1 fully saturated rings. The van der Waals surface area contributed by atoms with Crippen LogP contribution in [0.15, 0.2) is 29.3 Å². The van der Waals surface area contributed by atoms with Gasteiger partial charge in [0.2, 0.25) is 0 Å². The summed E-state index contributed by atoms with van der Waals surface area (Å²) in [5.74, 6) is 0.954.